The van der Waals surface area contributed by atoms with E-state index in [0.29, 0.717) is 6.61 Å². The van der Waals surface area contributed by atoms with Gasteiger partial charge in [0, 0.05) is 24.8 Å². The zero-order valence-electron chi connectivity index (χ0n) is 17.2. The normalized spacial score (nSPS) is 26.3. The lowest BCUT2D eigenvalue weighted by Crippen LogP contribution is -2.54. The summed E-state index contributed by atoms with van der Waals surface area (Å²) in [5.74, 6) is -5.27. The van der Waals surface area contributed by atoms with Crippen LogP contribution in [0.3, 0.4) is 0 Å². The standard InChI is InChI=1S/C21H27F2NO6/c1-4-10-29-11-9-21(19(27)28)13(3)24-12(2)16(18(25)26)17(21)14-7-5-6-8-15(14)30-20(22)23/h5-8,13,16-17,20H,4,9-11H2,1-3H3,(H,25,26)(H,27,28). The van der Waals surface area contributed by atoms with Crippen molar-refractivity contribution in [1.29, 1.82) is 0 Å². The van der Waals surface area contributed by atoms with Crippen LogP contribution in [0.1, 0.15) is 45.1 Å². The molecule has 1 heterocycles. The van der Waals surface area contributed by atoms with Gasteiger partial charge in [0.05, 0.1) is 6.04 Å². The number of ether oxygens (including phenoxy) is 2. The largest absolute Gasteiger partial charge is 0.481 e. The highest BCUT2D eigenvalue weighted by molar-refractivity contribution is 6.03. The van der Waals surface area contributed by atoms with Gasteiger partial charge < -0.3 is 19.7 Å². The zero-order valence-corrected chi connectivity index (χ0v) is 17.2. The second kappa shape index (κ2) is 9.97. The minimum absolute atomic E-state index is 0.0300. The van der Waals surface area contributed by atoms with E-state index < -0.39 is 41.8 Å². The van der Waals surface area contributed by atoms with Gasteiger partial charge in [-0.25, -0.2) is 0 Å². The number of hydrogen-bond donors (Lipinski definition) is 2. The van der Waals surface area contributed by atoms with Crippen LogP contribution in [0.15, 0.2) is 29.3 Å². The summed E-state index contributed by atoms with van der Waals surface area (Å²) in [6.45, 7) is 2.37. The molecule has 0 saturated heterocycles. The van der Waals surface area contributed by atoms with Gasteiger partial charge >= 0.3 is 18.6 Å². The molecule has 1 aliphatic rings. The molecule has 2 N–H and O–H groups in total. The molecule has 166 valence electrons. The number of para-hydroxylation sites is 1. The zero-order chi connectivity index (χ0) is 22.5. The molecule has 0 aromatic heterocycles. The third-order valence-electron chi connectivity index (χ3n) is 5.62. The first-order valence-corrected chi connectivity index (χ1v) is 9.78. The molecule has 4 unspecified atom stereocenters. The lowest BCUT2D eigenvalue weighted by molar-refractivity contribution is -0.157. The van der Waals surface area contributed by atoms with E-state index >= 15 is 0 Å². The van der Waals surface area contributed by atoms with E-state index in [9.17, 15) is 28.6 Å². The summed E-state index contributed by atoms with van der Waals surface area (Å²) in [6.07, 6.45) is 0.705. The molecule has 2 rings (SSSR count). The van der Waals surface area contributed by atoms with Gasteiger partial charge in [0.2, 0.25) is 0 Å². The van der Waals surface area contributed by atoms with Crippen LogP contribution in [0.4, 0.5) is 8.78 Å². The van der Waals surface area contributed by atoms with E-state index in [-0.39, 0.29) is 30.1 Å². The molecule has 0 fully saturated rings. The molecule has 1 aliphatic heterocycles. The molecule has 9 heteroatoms. The molecule has 7 nitrogen and oxygen atoms in total. The molecule has 1 aromatic carbocycles. The van der Waals surface area contributed by atoms with Crippen LogP contribution in [0, 0.1) is 11.3 Å². The van der Waals surface area contributed by atoms with Gasteiger partial charge in [-0.3, -0.25) is 14.6 Å². The average molecular weight is 427 g/mol. The molecule has 0 radical (unpaired) electrons. The number of alkyl halides is 2. The lowest BCUT2D eigenvalue weighted by Gasteiger charge is -2.46. The van der Waals surface area contributed by atoms with E-state index in [4.69, 9.17) is 4.74 Å². The SMILES string of the molecule is CCCOCCC1(C(=O)O)C(C)N=C(C)C(C(=O)O)C1c1ccccc1OC(F)F. The van der Waals surface area contributed by atoms with E-state index in [1.165, 1.54) is 25.1 Å². The number of aliphatic carboxylic acids is 2. The van der Waals surface area contributed by atoms with Gasteiger partial charge in [0.1, 0.15) is 17.1 Å². The Balaban J connectivity index is 2.71. The number of carboxylic acid groups (broad SMARTS) is 2. The maximum Gasteiger partial charge on any atom is 0.387 e. The number of halogens is 2. The first-order valence-electron chi connectivity index (χ1n) is 9.78. The average Bonchev–Trinajstić information content (AvgIpc) is 2.65. The van der Waals surface area contributed by atoms with Crippen molar-refractivity contribution in [3.05, 3.63) is 29.8 Å². The Hall–Kier alpha value is -2.55. The molecule has 0 bridgehead atoms. The molecule has 0 saturated carbocycles. The summed E-state index contributed by atoms with van der Waals surface area (Å²) < 4.78 is 36.2. The van der Waals surface area contributed by atoms with Crippen molar-refractivity contribution < 1.29 is 38.1 Å². The van der Waals surface area contributed by atoms with Crippen LogP contribution in [-0.2, 0) is 14.3 Å². The van der Waals surface area contributed by atoms with Crippen LogP contribution in [0.2, 0.25) is 0 Å². The van der Waals surface area contributed by atoms with Crippen molar-refractivity contribution in [2.24, 2.45) is 16.3 Å². The Morgan fingerprint density at radius 3 is 2.47 bits per heavy atom. The molecule has 0 spiro atoms. The van der Waals surface area contributed by atoms with Crippen molar-refractivity contribution in [2.75, 3.05) is 13.2 Å². The molecular weight excluding hydrogens is 400 g/mol. The van der Waals surface area contributed by atoms with Crippen molar-refractivity contribution >= 4 is 17.7 Å². The van der Waals surface area contributed by atoms with Gasteiger partial charge in [-0.1, -0.05) is 25.1 Å². The fraction of sp³-hybridized carbons (Fsp3) is 0.571. The van der Waals surface area contributed by atoms with E-state index in [2.05, 4.69) is 9.73 Å². The van der Waals surface area contributed by atoms with Gasteiger partial charge in [0.25, 0.3) is 0 Å². The summed E-state index contributed by atoms with van der Waals surface area (Å²) in [7, 11) is 0. The summed E-state index contributed by atoms with van der Waals surface area (Å²) in [5.41, 5.74) is -1.35. The summed E-state index contributed by atoms with van der Waals surface area (Å²) in [5, 5.41) is 20.2. The van der Waals surface area contributed by atoms with Crippen LogP contribution in [0.5, 0.6) is 5.75 Å². The van der Waals surface area contributed by atoms with Gasteiger partial charge in [0.15, 0.2) is 0 Å². The molecule has 1 aromatic rings. The Labute approximate surface area is 173 Å². The van der Waals surface area contributed by atoms with Crippen molar-refractivity contribution in [2.45, 2.75) is 52.2 Å². The number of rotatable bonds is 10. The molecule has 4 atom stereocenters. The smallest absolute Gasteiger partial charge is 0.387 e. The van der Waals surface area contributed by atoms with Crippen molar-refractivity contribution in [3.63, 3.8) is 0 Å². The van der Waals surface area contributed by atoms with Crippen molar-refractivity contribution in [1.82, 2.24) is 0 Å². The minimum atomic E-state index is -3.14. The maximum atomic E-state index is 13.0. The minimum Gasteiger partial charge on any atom is -0.481 e. The number of nitrogens with zero attached hydrogens (tertiary/aromatic N) is 1. The third-order valence-corrected chi connectivity index (χ3v) is 5.62. The Morgan fingerprint density at radius 2 is 1.90 bits per heavy atom. The van der Waals surface area contributed by atoms with Gasteiger partial charge in [-0.05, 0) is 38.3 Å². The Kier molecular flexibility index (Phi) is 7.89. The van der Waals surface area contributed by atoms with Crippen molar-refractivity contribution in [3.8, 4) is 5.75 Å². The summed E-state index contributed by atoms with van der Waals surface area (Å²) in [4.78, 5) is 29.2. The van der Waals surface area contributed by atoms with Gasteiger partial charge in [-0.15, -0.1) is 0 Å². The maximum absolute atomic E-state index is 13.0. The number of carboxylic acids is 2. The highest BCUT2D eigenvalue weighted by Crippen LogP contribution is 2.53. The third kappa shape index (κ3) is 4.61. The van der Waals surface area contributed by atoms with Crippen LogP contribution < -0.4 is 4.74 Å². The molecule has 0 amide bonds. The Morgan fingerprint density at radius 1 is 1.23 bits per heavy atom. The monoisotopic (exact) mass is 427 g/mol. The summed E-state index contributed by atoms with van der Waals surface area (Å²) >= 11 is 0. The second-order valence-electron chi connectivity index (χ2n) is 7.36. The van der Waals surface area contributed by atoms with Crippen LogP contribution in [-0.4, -0.2) is 53.7 Å². The molecular formula is C21H27F2NO6. The highest BCUT2D eigenvalue weighted by atomic mass is 19.3. The predicted molar refractivity (Wildman–Crippen MR) is 105 cm³/mol. The quantitative estimate of drug-likeness (QED) is 0.550. The highest BCUT2D eigenvalue weighted by Gasteiger charge is 2.58. The van der Waals surface area contributed by atoms with Crippen LogP contribution >= 0.6 is 0 Å². The summed E-state index contributed by atoms with van der Waals surface area (Å²) in [6, 6.07) is 4.93. The molecule has 0 aliphatic carbocycles. The second-order valence-corrected chi connectivity index (χ2v) is 7.36. The van der Waals surface area contributed by atoms with E-state index in [1.807, 2.05) is 6.92 Å². The van der Waals surface area contributed by atoms with E-state index in [1.54, 1.807) is 13.0 Å². The fourth-order valence-electron chi connectivity index (χ4n) is 4.29. The number of aliphatic imine (C=N–C) groups is 1. The van der Waals surface area contributed by atoms with Crippen LogP contribution in [0.25, 0.3) is 0 Å². The van der Waals surface area contributed by atoms with E-state index in [0.717, 1.165) is 6.42 Å². The fourth-order valence-corrected chi connectivity index (χ4v) is 4.29. The topological polar surface area (TPSA) is 105 Å². The predicted octanol–water partition coefficient (Wildman–Crippen LogP) is 3.82. The number of benzene rings is 1. The lowest BCUT2D eigenvalue weighted by atomic mass is 9.58. The number of carbonyl (C=O) groups is 2. The Bertz CT molecular complexity index is 799. The number of hydrogen-bond acceptors (Lipinski definition) is 5. The first-order chi connectivity index (χ1) is 14.2. The van der Waals surface area contributed by atoms with Gasteiger partial charge in [-0.2, -0.15) is 8.78 Å². The molecule has 30 heavy (non-hydrogen) atoms. The first kappa shape index (κ1) is 23.7.